The number of rotatable bonds is 12. The summed E-state index contributed by atoms with van der Waals surface area (Å²) in [6, 6.07) is 0. The molecule has 1 unspecified atom stereocenters. The summed E-state index contributed by atoms with van der Waals surface area (Å²) in [5, 5.41) is 1.18. The summed E-state index contributed by atoms with van der Waals surface area (Å²) in [6.07, 6.45) is 15.7. The molecule has 0 radical (unpaired) electrons. The van der Waals surface area contributed by atoms with Crippen molar-refractivity contribution in [2.24, 2.45) is 5.92 Å². The molecule has 0 spiro atoms. The maximum atomic E-state index is 3.48. The van der Waals surface area contributed by atoms with Gasteiger partial charge >= 0.3 is 0 Å². The van der Waals surface area contributed by atoms with Crippen LogP contribution in [0.25, 0.3) is 0 Å². The lowest BCUT2D eigenvalue weighted by Gasteiger charge is -2.09. The molecule has 0 fully saturated rings. The van der Waals surface area contributed by atoms with Gasteiger partial charge in [0.25, 0.3) is 0 Å². The van der Waals surface area contributed by atoms with Crippen LogP contribution in [0.2, 0.25) is 0 Å². The largest absolute Gasteiger partial charge is 0.0928 e. The van der Waals surface area contributed by atoms with Crippen molar-refractivity contribution in [1.29, 1.82) is 0 Å². The molecular weight excluding hydrogens is 260 g/mol. The van der Waals surface area contributed by atoms with Gasteiger partial charge in [-0.15, -0.1) is 0 Å². The highest BCUT2D eigenvalue weighted by Gasteiger charge is 2.00. The van der Waals surface area contributed by atoms with Crippen molar-refractivity contribution in [1.82, 2.24) is 0 Å². The minimum atomic E-state index is 0.966. The molecule has 0 rings (SSSR count). The molecule has 16 heavy (non-hydrogen) atoms. The van der Waals surface area contributed by atoms with Crippen LogP contribution in [0.4, 0.5) is 0 Å². The Morgan fingerprint density at radius 1 is 0.750 bits per heavy atom. The highest BCUT2D eigenvalue weighted by molar-refractivity contribution is 9.09. The first kappa shape index (κ1) is 16.5. The monoisotopic (exact) mass is 290 g/mol. The van der Waals surface area contributed by atoms with Crippen molar-refractivity contribution in [3.8, 4) is 0 Å². The molecule has 0 nitrogen and oxygen atoms in total. The summed E-state index contributed by atoms with van der Waals surface area (Å²) >= 11 is 3.48. The average Bonchev–Trinajstić information content (AvgIpc) is 2.30. The third kappa shape index (κ3) is 12.5. The van der Waals surface area contributed by atoms with Crippen molar-refractivity contribution >= 4 is 15.9 Å². The lowest BCUT2D eigenvalue weighted by Crippen LogP contribution is -1.94. The molecule has 0 aromatic heterocycles. The van der Waals surface area contributed by atoms with E-state index in [1.807, 2.05) is 0 Å². The number of unbranched alkanes of at least 4 members (excludes halogenated alkanes) is 7. The predicted molar refractivity (Wildman–Crippen MR) is 79.4 cm³/mol. The Balaban J connectivity index is 3.02. The highest BCUT2D eigenvalue weighted by Crippen LogP contribution is 2.17. The van der Waals surface area contributed by atoms with E-state index >= 15 is 0 Å². The third-order valence-electron chi connectivity index (χ3n) is 3.38. The SMILES string of the molecule is CCCCC(C)CCCCCCCCCBr. The molecule has 1 atom stereocenters. The fraction of sp³-hybridized carbons (Fsp3) is 1.00. The summed E-state index contributed by atoms with van der Waals surface area (Å²) in [5.74, 6) is 0.966. The zero-order chi connectivity index (χ0) is 12.1. The molecule has 0 saturated heterocycles. The van der Waals surface area contributed by atoms with Gasteiger partial charge in [0.1, 0.15) is 0 Å². The lowest BCUT2D eigenvalue weighted by molar-refractivity contribution is 0.441. The van der Waals surface area contributed by atoms with Crippen LogP contribution in [0, 0.1) is 5.92 Å². The predicted octanol–water partition coefficient (Wildman–Crippen LogP) is 6.33. The lowest BCUT2D eigenvalue weighted by atomic mass is 9.97. The van der Waals surface area contributed by atoms with E-state index in [9.17, 15) is 0 Å². The smallest absolute Gasteiger partial charge is 0.00313 e. The van der Waals surface area contributed by atoms with Gasteiger partial charge < -0.3 is 0 Å². The van der Waals surface area contributed by atoms with Crippen LogP contribution in [0.15, 0.2) is 0 Å². The molecule has 0 saturated carbocycles. The number of halogens is 1. The molecule has 0 aromatic carbocycles. The molecule has 0 bridgehead atoms. The maximum absolute atomic E-state index is 3.48. The first-order chi connectivity index (χ1) is 7.81. The quantitative estimate of drug-likeness (QED) is 0.291. The fourth-order valence-corrected chi connectivity index (χ4v) is 2.56. The van der Waals surface area contributed by atoms with Gasteiger partial charge in [-0.3, -0.25) is 0 Å². The fourth-order valence-electron chi connectivity index (χ4n) is 2.17. The van der Waals surface area contributed by atoms with Crippen molar-refractivity contribution in [3.05, 3.63) is 0 Å². The molecule has 0 aromatic rings. The van der Waals surface area contributed by atoms with Crippen LogP contribution in [-0.4, -0.2) is 5.33 Å². The van der Waals surface area contributed by atoms with E-state index in [1.165, 1.54) is 76.0 Å². The molecule has 0 aliphatic heterocycles. The Hall–Kier alpha value is 0.480. The van der Waals surface area contributed by atoms with Gasteiger partial charge in [-0.1, -0.05) is 94.0 Å². The van der Waals surface area contributed by atoms with Gasteiger partial charge in [-0.05, 0) is 12.3 Å². The van der Waals surface area contributed by atoms with Crippen LogP contribution in [-0.2, 0) is 0 Å². The Morgan fingerprint density at radius 2 is 1.25 bits per heavy atom. The molecule has 0 aliphatic rings. The Labute approximate surface area is 112 Å². The Bertz CT molecular complexity index is 123. The van der Waals surface area contributed by atoms with Gasteiger partial charge in [0.2, 0.25) is 0 Å². The second kappa shape index (κ2) is 13.5. The minimum absolute atomic E-state index is 0.966. The minimum Gasteiger partial charge on any atom is -0.0928 e. The Kier molecular flexibility index (Phi) is 14.0. The van der Waals surface area contributed by atoms with E-state index in [-0.39, 0.29) is 0 Å². The van der Waals surface area contributed by atoms with Crippen LogP contribution < -0.4 is 0 Å². The van der Waals surface area contributed by atoms with Crippen LogP contribution in [0.1, 0.15) is 84.5 Å². The van der Waals surface area contributed by atoms with Crippen molar-refractivity contribution in [2.75, 3.05) is 5.33 Å². The zero-order valence-electron chi connectivity index (χ0n) is 11.4. The standard InChI is InChI=1S/C15H31Br/c1-3-4-12-15(2)13-10-8-6-5-7-9-11-14-16/h15H,3-14H2,1-2H3. The van der Waals surface area contributed by atoms with Crippen molar-refractivity contribution in [3.63, 3.8) is 0 Å². The maximum Gasteiger partial charge on any atom is 0.00313 e. The number of alkyl halides is 1. The van der Waals surface area contributed by atoms with Crippen LogP contribution >= 0.6 is 15.9 Å². The number of hydrogen-bond acceptors (Lipinski definition) is 0. The van der Waals surface area contributed by atoms with Gasteiger partial charge in [-0.2, -0.15) is 0 Å². The summed E-state index contributed by atoms with van der Waals surface area (Å²) in [7, 11) is 0. The summed E-state index contributed by atoms with van der Waals surface area (Å²) < 4.78 is 0. The van der Waals surface area contributed by atoms with E-state index < -0.39 is 0 Å². The normalized spacial score (nSPS) is 12.9. The molecule has 98 valence electrons. The summed E-state index contributed by atoms with van der Waals surface area (Å²) in [6.45, 7) is 4.71. The zero-order valence-corrected chi connectivity index (χ0v) is 13.0. The van der Waals surface area contributed by atoms with Gasteiger partial charge in [0, 0.05) is 5.33 Å². The third-order valence-corrected chi connectivity index (χ3v) is 3.94. The topological polar surface area (TPSA) is 0 Å². The average molecular weight is 291 g/mol. The first-order valence-corrected chi connectivity index (χ1v) is 8.49. The first-order valence-electron chi connectivity index (χ1n) is 7.37. The molecule has 0 amide bonds. The Morgan fingerprint density at radius 3 is 1.81 bits per heavy atom. The molecule has 1 heteroatoms. The highest BCUT2D eigenvalue weighted by atomic mass is 79.9. The van der Waals surface area contributed by atoms with Gasteiger partial charge in [0.05, 0.1) is 0 Å². The number of hydrogen-bond donors (Lipinski definition) is 0. The van der Waals surface area contributed by atoms with Crippen molar-refractivity contribution in [2.45, 2.75) is 84.5 Å². The van der Waals surface area contributed by atoms with Gasteiger partial charge in [0.15, 0.2) is 0 Å². The van der Waals surface area contributed by atoms with E-state index in [4.69, 9.17) is 0 Å². The van der Waals surface area contributed by atoms with Crippen LogP contribution in [0.5, 0.6) is 0 Å². The molecular formula is C15H31Br. The second-order valence-corrected chi connectivity index (χ2v) is 5.99. The second-order valence-electron chi connectivity index (χ2n) is 5.20. The van der Waals surface area contributed by atoms with Crippen molar-refractivity contribution < 1.29 is 0 Å². The van der Waals surface area contributed by atoms with Gasteiger partial charge in [-0.25, -0.2) is 0 Å². The van der Waals surface area contributed by atoms with E-state index in [1.54, 1.807) is 0 Å². The summed E-state index contributed by atoms with van der Waals surface area (Å²) in [4.78, 5) is 0. The molecule has 0 aliphatic carbocycles. The van der Waals surface area contributed by atoms with E-state index in [0.29, 0.717) is 0 Å². The van der Waals surface area contributed by atoms with E-state index in [2.05, 4.69) is 29.8 Å². The molecule has 0 N–H and O–H groups in total. The van der Waals surface area contributed by atoms with E-state index in [0.717, 1.165) is 5.92 Å². The molecule has 0 heterocycles. The van der Waals surface area contributed by atoms with Crippen LogP contribution in [0.3, 0.4) is 0 Å². The summed E-state index contributed by atoms with van der Waals surface area (Å²) in [5.41, 5.74) is 0.